The maximum atomic E-state index is 11.7. The molecule has 5 nitrogen and oxygen atoms in total. The second-order valence-electron chi connectivity index (χ2n) is 5.83. The molecule has 0 aromatic heterocycles. The average molecular weight is 343 g/mol. The lowest BCUT2D eigenvalue weighted by Crippen LogP contribution is -2.41. The molecule has 1 fully saturated rings. The predicted octanol–water partition coefficient (Wildman–Crippen LogP) is 3.21. The first-order chi connectivity index (χ1) is 11.0. The van der Waals surface area contributed by atoms with Crippen molar-refractivity contribution in [2.45, 2.75) is 38.2 Å². The number of carbonyl (C=O) groups excluding carboxylic acids is 1. The Balaban J connectivity index is 1.90. The van der Waals surface area contributed by atoms with Gasteiger partial charge in [0, 0.05) is 11.1 Å². The van der Waals surface area contributed by atoms with Gasteiger partial charge in [-0.25, -0.2) is 0 Å². The van der Waals surface area contributed by atoms with Crippen molar-refractivity contribution in [1.82, 2.24) is 0 Å². The van der Waals surface area contributed by atoms with Crippen LogP contribution in [0.25, 0.3) is 0 Å². The molecule has 1 aliphatic rings. The highest BCUT2D eigenvalue weighted by Crippen LogP contribution is 2.35. The second kappa shape index (κ2) is 7.88. The van der Waals surface area contributed by atoms with Crippen LogP contribution in [0.15, 0.2) is 18.2 Å². The molecule has 0 unspecified atom stereocenters. The first-order valence-corrected chi connectivity index (χ1v) is 8.20. The van der Waals surface area contributed by atoms with E-state index in [1.54, 1.807) is 25.1 Å². The average Bonchev–Trinajstić information content (AvgIpc) is 2.54. The van der Waals surface area contributed by atoms with Crippen LogP contribution >= 0.6 is 11.6 Å². The van der Waals surface area contributed by atoms with E-state index in [-0.39, 0.29) is 18.5 Å². The zero-order valence-electron chi connectivity index (χ0n) is 13.5. The van der Waals surface area contributed by atoms with E-state index in [1.165, 1.54) is 7.11 Å². The highest BCUT2D eigenvalue weighted by Gasteiger charge is 2.37. The number of aliphatic hydroxyl groups is 1. The fourth-order valence-corrected chi connectivity index (χ4v) is 2.93. The van der Waals surface area contributed by atoms with Crippen LogP contribution in [0.4, 0.5) is 0 Å². The first-order valence-electron chi connectivity index (χ1n) is 7.83. The molecule has 0 spiro atoms. The van der Waals surface area contributed by atoms with Crippen molar-refractivity contribution in [3.63, 3.8) is 0 Å². The number of carbonyl (C=O) groups is 1. The van der Waals surface area contributed by atoms with Gasteiger partial charge in [-0.3, -0.25) is 4.79 Å². The standard InChI is InChI=1S/C17H23ClO5/c1-3-22-16(19)12-6-8-17(20,9-7-12)11-23-14-5-4-13(18)10-15(14)21-2/h4-5,10,12,20H,3,6-9,11H2,1-2H3. The predicted molar refractivity (Wildman–Crippen MR) is 87.0 cm³/mol. The molecular weight excluding hydrogens is 320 g/mol. The third-order valence-corrected chi connectivity index (χ3v) is 4.39. The van der Waals surface area contributed by atoms with Crippen molar-refractivity contribution < 1.29 is 24.1 Å². The van der Waals surface area contributed by atoms with Crippen LogP contribution in [-0.2, 0) is 9.53 Å². The molecule has 0 saturated heterocycles. The van der Waals surface area contributed by atoms with Crippen molar-refractivity contribution in [1.29, 1.82) is 0 Å². The Hall–Kier alpha value is -1.46. The lowest BCUT2D eigenvalue weighted by molar-refractivity contribution is -0.151. The normalized spacial score (nSPS) is 24.1. The highest BCUT2D eigenvalue weighted by molar-refractivity contribution is 6.30. The monoisotopic (exact) mass is 342 g/mol. The summed E-state index contributed by atoms with van der Waals surface area (Å²) in [5.74, 6) is 0.772. The molecule has 1 saturated carbocycles. The van der Waals surface area contributed by atoms with Gasteiger partial charge in [0.1, 0.15) is 6.61 Å². The maximum Gasteiger partial charge on any atom is 0.308 e. The summed E-state index contributed by atoms with van der Waals surface area (Å²) in [6.07, 6.45) is 2.23. The molecule has 128 valence electrons. The summed E-state index contributed by atoms with van der Waals surface area (Å²) in [5, 5.41) is 11.2. The third kappa shape index (κ3) is 4.75. The number of halogens is 1. The molecule has 1 aromatic rings. The number of benzene rings is 1. The van der Waals surface area contributed by atoms with Crippen molar-refractivity contribution in [2.75, 3.05) is 20.3 Å². The zero-order chi connectivity index (χ0) is 16.9. The summed E-state index contributed by atoms with van der Waals surface area (Å²) in [7, 11) is 1.54. The van der Waals surface area contributed by atoms with E-state index >= 15 is 0 Å². The van der Waals surface area contributed by atoms with Crippen LogP contribution in [0.2, 0.25) is 5.02 Å². The summed E-state index contributed by atoms with van der Waals surface area (Å²) in [6.45, 7) is 2.34. The van der Waals surface area contributed by atoms with E-state index in [9.17, 15) is 9.90 Å². The molecule has 1 N–H and O–H groups in total. The Labute approximate surface area is 141 Å². The number of hydrogen-bond donors (Lipinski definition) is 1. The summed E-state index contributed by atoms with van der Waals surface area (Å²) in [6, 6.07) is 5.09. The smallest absolute Gasteiger partial charge is 0.308 e. The molecule has 6 heteroatoms. The highest BCUT2D eigenvalue weighted by atomic mass is 35.5. The Bertz CT molecular complexity index is 538. The maximum absolute atomic E-state index is 11.7. The second-order valence-corrected chi connectivity index (χ2v) is 6.27. The Morgan fingerprint density at radius 2 is 2.04 bits per heavy atom. The molecule has 0 heterocycles. The summed E-state index contributed by atoms with van der Waals surface area (Å²) < 4.78 is 16.0. The fraction of sp³-hybridized carbons (Fsp3) is 0.588. The lowest BCUT2D eigenvalue weighted by atomic mass is 9.79. The number of methoxy groups -OCH3 is 1. The number of ether oxygens (including phenoxy) is 3. The van der Waals surface area contributed by atoms with Crippen molar-refractivity contribution >= 4 is 17.6 Å². The van der Waals surface area contributed by atoms with Crippen LogP contribution in [0.5, 0.6) is 11.5 Å². The van der Waals surface area contributed by atoms with E-state index in [2.05, 4.69) is 0 Å². The minimum atomic E-state index is -0.937. The van der Waals surface area contributed by atoms with Crippen LogP contribution in [0.1, 0.15) is 32.6 Å². The molecule has 0 radical (unpaired) electrons. The van der Waals surface area contributed by atoms with Crippen molar-refractivity contribution in [3.05, 3.63) is 23.2 Å². The lowest BCUT2D eigenvalue weighted by Gasteiger charge is -2.34. The SMILES string of the molecule is CCOC(=O)C1CCC(O)(COc2ccc(Cl)cc2OC)CC1. The fourth-order valence-electron chi connectivity index (χ4n) is 2.77. The molecule has 0 amide bonds. The van der Waals surface area contributed by atoms with Gasteiger partial charge < -0.3 is 19.3 Å². The van der Waals surface area contributed by atoms with Gasteiger partial charge in [-0.1, -0.05) is 11.6 Å². The van der Waals surface area contributed by atoms with Gasteiger partial charge in [0.05, 0.1) is 25.2 Å². The van der Waals surface area contributed by atoms with E-state index in [0.29, 0.717) is 48.8 Å². The molecule has 23 heavy (non-hydrogen) atoms. The quantitative estimate of drug-likeness (QED) is 0.804. The summed E-state index contributed by atoms with van der Waals surface area (Å²) in [5.41, 5.74) is -0.937. The van der Waals surface area contributed by atoms with Crippen LogP contribution < -0.4 is 9.47 Å². The van der Waals surface area contributed by atoms with Gasteiger partial charge in [0.25, 0.3) is 0 Å². The van der Waals surface area contributed by atoms with Crippen LogP contribution in [0.3, 0.4) is 0 Å². The van der Waals surface area contributed by atoms with E-state index in [1.807, 2.05) is 0 Å². The Kier molecular flexibility index (Phi) is 6.13. The van der Waals surface area contributed by atoms with Gasteiger partial charge >= 0.3 is 5.97 Å². The molecular formula is C17H23ClO5. The largest absolute Gasteiger partial charge is 0.493 e. The topological polar surface area (TPSA) is 65.0 Å². The molecule has 1 aromatic carbocycles. The van der Waals surface area contributed by atoms with E-state index < -0.39 is 5.60 Å². The van der Waals surface area contributed by atoms with Gasteiger partial charge in [-0.2, -0.15) is 0 Å². The van der Waals surface area contributed by atoms with Crippen LogP contribution in [-0.4, -0.2) is 37.0 Å². The minimum Gasteiger partial charge on any atom is -0.493 e. The number of hydrogen-bond acceptors (Lipinski definition) is 5. The van der Waals surface area contributed by atoms with Gasteiger partial charge in [0.2, 0.25) is 0 Å². The van der Waals surface area contributed by atoms with E-state index in [0.717, 1.165) is 0 Å². The molecule has 2 rings (SSSR count). The summed E-state index contributed by atoms with van der Waals surface area (Å²) >= 11 is 5.91. The van der Waals surface area contributed by atoms with Gasteiger partial charge in [-0.05, 0) is 44.7 Å². The van der Waals surface area contributed by atoms with Crippen molar-refractivity contribution in [3.8, 4) is 11.5 Å². The summed E-state index contributed by atoms with van der Waals surface area (Å²) in [4.78, 5) is 11.7. The van der Waals surface area contributed by atoms with Crippen LogP contribution in [0, 0.1) is 5.92 Å². The minimum absolute atomic E-state index is 0.125. The third-order valence-electron chi connectivity index (χ3n) is 4.16. The van der Waals surface area contributed by atoms with E-state index in [4.69, 9.17) is 25.8 Å². The Morgan fingerprint density at radius 3 is 2.65 bits per heavy atom. The molecule has 1 aliphatic carbocycles. The Morgan fingerprint density at radius 1 is 1.35 bits per heavy atom. The molecule has 0 bridgehead atoms. The number of esters is 1. The first kappa shape index (κ1) is 17.9. The zero-order valence-corrected chi connectivity index (χ0v) is 14.3. The van der Waals surface area contributed by atoms with Crippen molar-refractivity contribution in [2.24, 2.45) is 5.92 Å². The molecule has 0 atom stereocenters. The van der Waals surface area contributed by atoms with Gasteiger partial charge in [0.15, 0.2) is 11.5 Å². The molecule has 0 aliphatic heterocycles. The number of rotatable bonds is 6. The van der Waals surface area contributed by atoms with Gasteiger partial charge in [-0.15, -0.1) is 0 Å².